The Balaban J connectivity index is 1.64. The second-order valence-corrected chi connectivity index (χ2v) is 9.61. The Labute approximate surface area is 197 Å². The standard InChI is InChI=1S/C20H19ClN4O5S2/c1-10(2)18-23-11(3)16(32-18)17(26)22-6-7-24-19(27)15(31-20(24)28)9-12-4-5-13(21)14(8-12)25(29)30/h4-5,8-10H,6-7H2,1-3H3,(H,22,26)/b15-9-. The maximum atomic E-state index is 12.6. The van der Waals surface area contributed by atoms with Crippen LogP contribution < -0.4 is 5.32 Å². The number of aryl methyl sites for hydroxylation is 1. The zero-order valence-corrected chi connectivity index (χ0v) is 19.8. The first kappa shape index (κ1) is 23.9. The molecule has 0 saturated carbocycles. The number of thiazole rings is 1. The minimum Gasteiger partial charge on any atom is -0.349 e. The summed E-state index contributed by atoms with van der Waals surface area (Å²) < 4.78 is 0. The van der Waals surface area contributed by atoms with Crippen LogP contribution in [0, 0.1) is 17.0 Å². The highest BCUT2D eigenvalue weighted by molar-refractivity contribution is 8.18. The summed E-state index contributed by atoms with van der Waals surface area (Å²) in [4.78, 5) is 53.8. The number of aromatic nitrogens is 1. The zero-order valence-electron chi connectivity index (χ0n) is 17.4. The van der Waals surface area contributed by atoms with E-state index in [-0.39, 0.29) is 40.5 Å². The van der Waals surface area contributed by atoms with Gasteiger partial charge in [-0.15, -0.1) is 11.3 Å². The number of nitrogens with one attached hydrogen (secondary N) is 1. The fourth-order valence-corrected chi connectivity index (χ4v) is 4.88. The third kappa shape index (κ3) is 5.17. The summed E-state index contributed by atoms with van der Waals surface area (Å²) in [6, 6.07) is 4.11. The van der Waals surface area contributed by atoms with Gasteiger partial charge in [-0.1, -0.05) is 31.5 Å². The fraction of sp³-hybridized carbons (Fsp3) is 0.300. The first-order chi connectivity index (χ1) is 15.1. The Kier molecular flexibility index (Phi) is 7.32. The lowest BCUT2D eigenvalue weighted by Crippen LogP contribution is -2.37. The molecule has 1 aliphatic heterocycles. The number of carbonyl (C=O) groups excluding carboxylic acids is 3. The van der Waals surface area contributed by atoms with Crippen LogP contribution in [0.3, 0.4) is 0 Å². The molecule has 2 heterocycles. The third-order valence-electron chi connectivity index (χ3n) is 4.47. The summed E-state index contributed by atoms with van der Waals surface area (Å²) in [5.41, 5.74) is 0.727. The number of amides is 3. The molecule has 0 aliphatic carbocycles. The first-order valence-electron chi connectivity index (χ1n) is 9.53. The van der Waals surface area contributed by atoms with E-state index < -0.39 is 16.1 Å². The van der Waals surface area contributed by atoms with Crippen molar-refractivity contribution >= 4 is 63.5 Å². The van der Waals surface area contributed by atoms with Gasteiger partial charge in [0.15, 0.2) is 0 Å². The van der Waals surface area contributed by atoms with Crippen molar-refractivity contribution in [3.8, 4) is 0 Å². The van der Waals surface area contributed by atoms with Gasteiger partial charge in [-0.2, -0.15) is 0 Å². The van der Waals surface area contributed by atoms with Gasteiger partial charge in [0.25, 0.3) is 22.7 Å². The molecule has 1 aliphatic rings. The maximum absolute atomic E-state index is 12.6. The molecule has 0 radical (unpaired) electrons. The van der Waals surface area contributed by atoms with E-state index in [0.717, 1.165) is 21.7 Å². The minimum atomic E-state index is -0.622. The minimum absolute atomic E-state index is 0.00337. The lowest BCUT2D eigenvalue weighted by atomic mass is 10.2. The van der Waals surface area contributed by atoms with Gasteiger partial charge in [0.1, 0.15) is 9.90 Å². The molecule has 1 aromatic carbocycles. The molecule has 168 valence electrons. The normalized spacial score (nSPS) is 15.2. The lowest BCUT2D eigenvalue weighted by molar-refractivity contribution is -0.384. The van der Waals surface area contributed by atoms with E-state index in [0.29, 0.717) is 16.1 Å². The molecular weight excluding hydrogens is 476 g/mol. The van der Waals surface area contributed by atoms with E-state index in [1.54, 1.807) is 6.92 Å². The van der Waals surface area contributed by atoms with E-state index in [4.69, 9.17) is 11.6 Å². The summed E-state index contributed by atoms with van der Waals surface area (Å²) in [6.07, 6.45) is 1.40. The first-order valence-corrected chi connectivity index (χ1v) is 11.5. The monoisotopic (exact) mass is 494 g/mol. The highest BCUT2D eigenvalue weighted by atomic mass is 35.5. The van der Waals surface area contributed by atoms with Gasteiger partial charge in [0.2, 0.25) is 0 Å². The molecule has 32 heavy (non-hydrogen) atoms. The van der Waals surface area contributed by atoms with Crippen molar-refractivity contribution in [3.63, 3.8) is 0 Å². The van der Waals surface area contributed by atoms with Gasteiger partial charge in [-0.25, -0.2) is 4.98 Å². The van der Waals surface area contributed by atoms with Crippen LogP contribution in [-0.4, -0.2) is 45.0 Å². The molecule has 3 rings (SSSR count). The molecule has 9 nitrogen and oxygen atoms in total. The Bertz CT molecular complexity index is 1150. The summed E-state index contributed by atoms with van der Waals surface area (Å²) in [5.74, 6) is -0.616. The second-order valence-electron chi connectivity index (χ2n) is 7.18. The van der Waals surface area contributed by atoms with Crippen LogP contribution in [0.5, 0.6) is 0 Å². The van der Waals surface area contributed by atoms with E-state index in [1.165, 1.54) is 35.6 Å². The molecule has 2 aromatic rings. The van der Waals surface area contributed by atoms with Crippen LogP contribution in [0.25, 0.3) is 6.08 Å². The Morgan fingerprint density at radius 3 is 2.72 bits per heavy atom. The predicted octanol–water partition coefficient (Wildman–Crippen LogP) is 4.60. The summed E-state index contributed by atoms with van der Waals surface area (Å²) in [7, 11) is 0. The SMILES string of the molecule is Cc1nc(C(C)C)sc1C(=O)NCCN1C(=O)S/C(=C\c2ccc(Cl)c([N+](=O)[O-])c2)C1=O. The molecule has 1 fully saturated rings. The fourth-order valence-electron chi connectivity index (χ4n) is 2.84. The van der Waals surface area contributed by atoms with Gasteiger partial charge in [-0.05, 0) is 36.4 Å². The molecule has 1 aromatic heterocycles. The molecule has 12 heteroatoms. The van der Waals surface area contributed by atoms with Crippen molar-refractivity contribution < 1.29 is 19.3 Å². The quantitative estimate of drug-likeness (QED) is 0.339. The van der Waals surface area contributed by atoms with Gasteiger partial charge in [0.05, 0.1) is 20.5 Å². The molecule has 0 bridgehead atoms. The molecule has 3 amide bonds. The lowest BCUT2D eigenvalue weighted by Gasteiger charge is -2.12. The van der Waals surface area contributed by atoms with Crippen LogP contribution in [-0.2, 0) is 4.79 Å². The van der Waals surface area contributed by atoms with Crippen LogP contribution >= 0.6 is 34.7 Å². The van der Waals surface area contributed by atoms with Crippen LogP contribution in [0.15, 0.2) is 23.1 Å². The highest BCUT2D eigenvalue weighted by Crippen LogP contribution is 2.33. The average molecular weight is 495 g/mol. The van der Waals surface area contributed by atoms with Gasteiger partial charge in [-0.3, -0.25) is 29.4 Å². The number of hydrogen-bond donors (Lipinski definition) is 1. The third-order valence-corrected chi connectivity index (χ3v) is 7.16. The molecule has 1 N–H and O–H groups in total. The van der Waals surface area contributed by atoms with E-state index in [1.807, 2.05) is 13.8 Å². The number of nitrogens with zero attached hydrogens (tertiary/aromatic N) is 3. The van der Waals surface area contributed by atoms with Crippen LogP contribution in [0.2, 0.25) is 5.02 Å². The number of carbonyl (C=O) groups is 3. The summed E-state index contributed by atoms with van der Waals surface area (Å²) in [6.45, 7) is 5.85. The van der Waals surface area contributed by atoms with Crippen molar-refractivity contribution in [1.29, 1.82) is 0 Å². The number of imide groups is 1. The largest absolute Gasteiger partial charge is 0.349 e. The van der Waals surface area contributed by atoms with Crippen molar-refractivity contribution in [2.75, 3.05) is 13.1 Å². The Morgan fingerprint density at radius 2 is 2.09 bits per heavy atom. The zero-order chi connectivity index (χ0) is 23.6. The number of benzene rings is 1. The van der Waals surface area contributed by atoms with Gasteiger partial charge >= 0.3 is 0 Å². The number of halogens is 1. The van der Waals surface area contributed by atoms with Crippen molar-refractivity contribution in [3.05, 3.63) is 59.4 Å². The van der Waals surface area contributed by atoms with E-state index in [9.17, 15) is 24.5 Å². The molecular formula is C20H19ClN4O5S2. The van der Waals surface area contributed by atoms with Crippen molar-refractivity contribution in [2.24, 2.45) is 0 Å². The number of nitro benzene ring substituents is 1. The van der Waals surface area contributed by atoms with Gasteiger partial charge < -0.3 is 5.32 Å². The van der Waals surface area contributed by atoms with Crippen molar-refractivity contribution in [1.82, 2.24) is 15.2 Å². The van der Waals surface area contributed by atoms with Crippen LogP contribution in [0.1, 0.15) is 45.7 Å². The maximum Gasteiger partial charge on any atom is 0.293 e. The van der Waals surface area contributed by atoms with E-state index >= 15 is 0 Å². The molecule has 1 saturated heterocycles. The topological polar surface area (TPSA) is 123 Å². The Hall–Kier alpha value is -2.76. The highest BCUT2D eigenvalue weighted by Gasteiger charge is 2.35. The smallest absolute Gasteiger partial charge is 0.293 e. The van der Waals surface area contributed by atoms with Crippen molar-refractivity contribution in [2.45, 2.75) is 26.7 Å². The molecule has 0 spiro atoms. The average Bonchev–Trinajstić information content (AvgIpc) is 3.24. The van der Waals surface area contributed by atoms with E-state index in [2.05, 4.69) is 10.3 Å². The predicted molar refractivity (Wildman–Crippen MR) is 124 cm³/mol. The number of nitro groups is 1. The Morgan fingerprint density at radius 1 is 1.38 bits per heavy atom. The summed E-state index contributed by atoms with van der Waals surface area (Å²) in [5, 5.41) is 14.1. The van der Waals surface area contributed by atoms with Gasteiger partial charge in [0, 0.05) is 25.1 Å². The number of rotatable bonds is 7. The second kappa shape index (κ2) is 9.80. The molecule has 0 atom stereocenters. The summed E-state index contributed by atoms with van der Waals surface area (Å²) >= 11 is 7.86. The molecule has 0 unspecified atom stereocenters. The number of thioether (sulfide) groups is 1. The number of hydrogen-bond acceptors (Lipinski definition) is 8. The van der Waals surface area contributed by atoms with Crippen LogP contribution in [0.4, 0.5) is 10.5 Å².